The molecule has 0 rings (SSSR count). The summed E-state index contributed by atoms with van der Waals surface area (Å²) >= 11 is 0. The van der Waals surface area contributed by atoms with Crippen LogP contribution in [0.4, 0.5) is 0 Å². The summed E-state index contributed by atoms with van der Waals surface area (Å²) in [4.78, 5) is 34.7. The summed E-state index contributed by atoms with van der Waals surface area (Å²) in [5, 5.41) is 0. The van der Waals surface area contributed by atoms with Gasteiger partial charge >= 0.3 is 19.8 Å². The predicted molar refractivity (Wildman–Crippen MR) is 197 cm³/mol. The van der Waals surface area contributed by atoms with Gasteiger partial charge in [0, 0.05) is 19.4 Å². The Morgan fingerprint density at radius 1 is 0.625 bits per heavy atom. The average Bonchev–Trinajstić information content (AvgIpc) is 3.07. The van der Waals surface area contributed by atoms with Gasteiger partial charge in [0.2, 0.25) is 0 Å². The van der Waals surface area contributed by atoms with Gasteiger partial charge in [0.1, 0.15) is 6.61 Å². The number of allylic oxidation sites excluding steroid dienone is 4. The van der Waals surface area contributed by atoms with Crippen LogP contribution in [0.5, 0.6) is 0 Å². The van der Waals surface area contributed by atoms with Gasteiger partial charge in [-0.2, -0.15) is 0 Å². The maximum Gasteiger partial charge on any atom is 0.472 e. The SMILES string of the molecule is CCCCC/C=C/C/C=C/CCCCCCCCCC(=O)OC[C@@H](COP(=O)(O)OCCN)OC(=O)CCCCCCCCCCCC. The first-order valence-electron chi connectivity index (χ1n) is 19.3. The summed E-state index contributed by atoms with van der Waals surface area (Å²) < 4.78 is 32.6. The van der Waals surface area contributed by atoms with Crippen molar-refractivity contribution in [2.45, 2.75) is 180 Å². The second kappa shape index (κ2) is 35.3. The molecule has 0 saturated carbocycles. The fourth-order valence-corrected chi connectivity index (χ4v) is 5.96. The summed E-state index contributed by atoms with van der Waals surface area (Å²) in [6.07, 6.45) is 34.9. The van der Waals surface area contributed by atoms with Crippen molar-refractivity contribution in [2.75, 3.05) is 26.4 Å². The van der Waals surface area contributed by atoms with Crippen molar-refractivity contribution in [3.05, 3.63) is 24.3 Å². The Hall–Kier alpha value is -1.51. The number of esters is 2. The number of phosphoric ester groups is 1. The van der Waals surface area contributed by atoms with Gasteiger partial charge in [-0.1, -0.05) is 141 Å². The molecule has 9 nitrogen and oxygen atoms in total. The number of nitrogens with two attached hydrogens (primary N) is 1. The van der Waals surface area contributed by atoms with Crippen LogP contribution < -0.4 is 5.73 Å². The Kier molecular flexibility index (Phi) is 34.2. The molecular formula is C38H72NO8P. The minimum absolute atomic E-state index is 0.0535. The van der Waals surface area contributed by atoms with E-state index in [-0.39, 0.29) is 38.6 Å². The van der Waals surface area contributed by atoms with Crippen molar-refractivity contribution in [1.29, 1.82) is 0 Å². The van der Waals surface area contributed by atoms with Crippen LogP contribution in [0, 0.1) is 0 Å². The Labute approximate surface area is 293 Å². The molecule has 10 heteroatoms. The fourth-order valence-electron chi connectivity index (χ4n) is 5.19. The first-order chi connectivity index (χ1) is 23.3. The summed E-state index contributed by atoms with van der Waals surface area (Å²) in [5.41, 5.74) is 5.33. The number of hydrogen-bond donors (Lipinski definition) is 2. The molecule has 0 aromatic heterocycles. The van der Waals surface area contributed by atoms with Gasteiger partial charge in [-0.25, -0.2) is 4.57 Å². The lowest BCUT2D eigenvalue weighted by Crippen LogP contribution is -2.29. The van der Waals surface area contributed by atoms with Crippen molar-refractivity contribution in [3.63, 3.8) is 0 Å². The third kappa shape index (κ3) is 34.4. The highest BCUT2D eigenvalue weighted by atomic mass is 31.2. The lowest BCUT2D eigenvalue weighted by molar-refractivity contribution is -0.161. The van der Waals surface area contributed by atoms with Crippen LogP contribution in [-0.2, 0) is 32.7 Å². The summed E-state index contributed by atoms with van der Waals surface area (Å²) in [6, 6.07) is 0. The molecule has 0 fully saturated rings. The third-order valence-corrected chi connectivity index (χ3v) is 9.07. The van der Waals surface area contributed by atoms with Gasteiger partial charge in [-0.05, 0) is 44.9 Å². The smallest absolute Gasteiger partial charge is 0.462 e. The molecule has 0 radical (unpaired) electrons. The Morgan fingerprint density at radius 3 is 1.62 bits per heavy atom. The molecule has 48 heavy (non-hydrogen) atoms. The number of rotatable bonds is 36. The number of hydrogen-bond acceptors (Lipinski definition) is 8. The first kappa shape index (κ1) is 46.5. The van der Waals surface area contributed by atoms with E-state index in [0.29, 0.717) is 6.42 Å². The van der Waals surface area contributed by atoms with Crippen LogP contribution in [-0.4, -0.2) is 49.3 Å². The number of carbonyl (C=O) groups is 2. The molecule has 0 aliphatic heterocycles. The number of ether oxygens (including phenoxy) is 2. The molecule has 0 aliphatic rings. The van der Waals surface area contributed by atoms with Crippen LogP contribution in [0.1, 0.15) is 174 Å². The number of carbonyl (C=O) groups excluding carboxylic acids is 2. The Bertz CT molecular complexity index is 851. The minimum atomic E-state index is -4.37. The van der Waals surface area contributed by atoms with E-state index in [0.717, 1.165) is 57.8 Å². The van der Waals surface area contributed by atoms with Crippen LogP contribution in [0.2, 0.25) is 0 Å². The largest absolute Gasteiger partial charge is 0.472 e. The molecule has 2 atom stereocenters. The third-order valence-electron chi connectivity index (χ3n) is 8.09. The van der Waals surface area contributed by atoms with Gasteiger partial charge in [-0.3, -0.25) is 18.6 Å². The molecule has 0 saturated heterocycles. The highest BCUT2D eigenvalue weighted by Crippen LogP contribution is 2.43. The molecular weight excluding hydrogens is 629 g/mol. The maximum atomic E-state index is 12.5. The molecule has 0 bridgehead atoms. The zero-order valence-electron chi connectivity index (χ0n) is 30.7. The van der Waals surface area contributed by atoms with Crippen LogP contribution >= 0.6 is 7.82 Å². The molecule has 282 valence electrons. The van der Waals surface area contributed by atoms with E-state index in [2.05, 4.69) is 38.2 Å². The molecule has 0 heterocycles. The second-order valence-electron chi connectivity index (χ2n) is 12.8. The van der Waals surface area contributed by atoms with E-state index in [4.69, 9.17) is 24.3 Å². The second-order valence-corrected chi connectivity index (χ2v) is 14.3. The molecule has 1 unspecified atom stereocenters. The van der Waals surface area contributed by atoms with Crippen molar-refractivity contribution in [2.24, 2.45) is 5.73 Å². The molecule has 0 aromatic carbocycles. The fraction of sp³-hybridized carbons (Fsp3) is 0.842. The molecule has 0 spiro atoms. The average molecular weight is 702 g/mol. The van der Waals surface area contributed by atoms with Gasteiger partial charge in [0.05, 0.1) is 13.2 Å². The lowest BCUT2D eigenvalue weighted by Gasteiger charge is -2.19. The van der Waals surface area contributed by atoms with E-state index >= 15 is 0 Å². The summed E-state index contributed by atoms with van der Waals surface area (Å²) in [6.45, 7) is 3.68. The highest BCUT2D eigenvalue weighted by molar-refractivity contribution is 7.47. The Balaban J connectivity index is 4.17. The van der Waals surface area contributed by atoms with Crippen molar-refractivity contribution >= 4 is 19.8 Å². The van der Waals surface area contributed by atoms with Crippen LogP contribution in [0.3, 0.4) is 0 Å². The van der Waals surface area contributed by atoms with E-state index in [1.807, 2.05) is 0 Å². The summed E-state index contributed by atoms with van der Waals surface area (Å²) in [5.74, 6) is -0.837. The minimum Gasteiger partial charge on any atom is -0.462 e. The lowest BCUT2D eigenvalue weighted by atomic mass is 10.1. The van der Waals surface area contributed by atoms with E-state index in [1.54, 1.807) is 0 Å². The van der Waals surface area contributed by atoms with Crippen molar-refractivity contribution in [3.8, 4) is 0 Å². The zero-order chi connectivity index (χ0) is 35.4. The van der Waals surface area contributed by atoms with E-state index in [9.17, 15) is 19.0 Å². The number of phosphoric acid groups is 1. The zero-order valence-corrected chi connectivity index (χ0v) is 31.6. The molecule has 0 amide bonds. The molecule has 0 aromatic rings. The van der Waals surface area contributed by atoms with Gasteiger partial charge in [0.25, 0.3) is 0 Å². The Morgan fingerprint density at radius 2 is 1.08 bits per heavy atom. The van der Waals surface area contributed by atoms with Crippen LogP contribution in [0.15, 0.2) is 24.3 Å². The first-order valence-corrected chi connectivity index (χ1v) is 20.8. The van der Waals surface area contributed by atoms with E-state index in [1.165, 1.54) is 83.5 Å². The monoisotopic (exact) mass is 701 g/mol. The van der Waals surface area contributed by atoms with E-state index < -0.39 is 26.5 Å². The molecule has 0 aliphatic carbocycles. The quantitative estimate of drug-likeness (QED) is 0.0283. The van der Waals surface area contributed by atoms with Crippen LogP contribution in [0.25, 0.3) is 0 Å². The highest BCUT2D eigenvalue weighted by Gasteiger charge is 2.25. The predicted octanol–water partition coefficient (Wildman–Crippen LogP) is 10.4. The van der Waals surface area contributed by atoms with Gasteiger partial charge in [0.15, 0.2) is 6.10 Å². The summed E-state index contributed by atoms with van der Waals surface area (Å²) in [7, 11) is -4.37. The number of unbranched alkanes of at least 4 members (excludes halogenated alkanes) is 19. The topological polar surface area (TPSA) is 134 Å². The van der Waals surface area contributed by atoms with Gasteiger partial charge < -0.3 is 20.1 Å². The molecule has 3 N–H and O–H groups in total. The standard InChI is InChI=1S/C38H72NO8P/c1-3-5-7-9-11-13-15-16-17-18-19-20-21-23-24-26-28-30-37(40)44-34-36(35-46-48(42,43)45-33-32-39)47-38(41)31-29-27-25-22-14-12-10-8-6-4-2/h11,13,16-17,36H,3-10,12,14-15,18-35,39H2,1-2H3,(H,42,43)/b13-11+,17-16+/t36-/m0/s1. The maximum absolute atomic E-state index is 12.5. The normalized spacial score (nSPS) is 13.7. The van der Waals surface area contributed by atoms with Crippen molar-refractivity contribution in [1.82, 2.24) is 0 Å². The van der Waals surface area contributed by atoms with Gasteiger partial charge in [-0.15, -0.1) is 0 Å². The van der Waals surface area contributed by atoms with Crippen molar-refractivity contribution < 1.29 is 37.6 Å².